The van der Waals surface area contributed by atoms with Crippen LogP contribution < -0.4 is 15.8 Å². The van der Waals surface area contributed by atoms with Crippen LogP contribution in [-0.2, 0) is 11.2 Å². The highest BCUT2D eigenvalue weighted by Gasteiger charge is 2.27. The molecule has 1 aliphatic rings. The van der Waals surface area contributed by atoms with E-state index in [1.807, 2.05) is 51.1 Å². The summed E-state index contributed by atoms with van der Waals surface area (Å²) in [6.07, 6.45) is 2.78. The smallest absolute Gasteiger partial charge is 0.409 e. The zero-order valence-corrected chi connectivity index (χ0v) is 19.6. The molecule has 7 nitrogen and oxygen atoms in total. The molecule has 1 saturated carbocycles. The number of nitrogens with one attached hydrogen (secondary N) is 1. The van der Waals surface area contributed by atoms with Gasteiger partial charge < -0.3 is 25.6 Å². The van der Waals surface area contributed by atoms with E-state index in [0.717, 1.165) is 42.4 Å². The predicted octanol–water partition coefficient (Wildman–Crippen LogP) is 4.90. The Kier molecular flexibility index (Phi) is 7.97. The summed E-state index contributed by atoms with van der Waals surface area (Å²) in [5.41, 5.74) is 8.63. The number of primary amides is 1. The molecule has 1 fully saturated rings. The zero-order valence-electron chi connectivity index (χ0n) is 19.6. The molecule has 0 unspecified atom stereocenters. The van der Waals surface area contributed by atoms with Crippen molar-refractivity contribution in [2.75, 3.05) is 6.61 Å². The number of hydrogen-bond acceptors (Lipinski definition) is 5. The van der Waals surface area contributed by atoms with E-state index in [9.17, 15) is 14.7 Å². The fraction of sp³-hybridized carbons (Fsp3) is 0.462. The van der Waals surface area contributed by atoms with Crippen LogP contribution in [-0.4, -0.2) is 35.5 Å². The van der Waals surface area contributed by atoms with Crippen LogP contribution in [0.25, 0.3) is 11.1 Å². The third-order valence-corrected chi connectivity index (χ3v) is 5.80. The van der Waals surface area contributed by atoms with Crippen LogP contribution in [0.2, 0.25) is 0 Å². The normalized spacial score (nSPS) is 18.4. The van der Waals surface area contributed by atoms with Crippen molar-refractivity contribution in [1.29, 1.82) is 0 Å². The first-order valence-corrected chi connectivity index (χ1v) is 11.5. The number of carbonyl (C=O) groups is 2. The molecule has 2 aromatic rings. The summed E-state index contributed by atoms with van der Waals surface area (Å²) >= 11 is 0. The van der Waals surface area contributed by atoms with Crippen molar-refractivity contribution >= 4 is 12.2 Å². The number of benzene rings is 2. The number of aliphatic hydroxyl groups excluding tert-OH is 1. The lowest BCUT2D eigenvalue weighted by Crippen LogP contribution is -2.40. The minimum absolute atomic E-state index is 0.00647. The van der Waals surface area contributed by atoms with Crippen LogP contribution in [0.5, 0.6) is 5.75 Å². The van der Waals surface area contributed by atoms with Crippen LogP contribution in [0.3, 0.4) is 0 Å². The summed E-state index contributed by atoms with van der Waals surface area (Å²) in [4.78, 5) is 23.6. The van der Waals surface area contributed by atoms with Gasteiger partial charge in [-0.25, -0.2) is 9.59 Å². The minimum atomic E-state index is -0.872. The van der Waals surface area contributed by atoms with Crippen molar-refractivity contribution in [3.8, 4) is 16.9 Å². The number of ether oxygens (including phenoxy) is 2. The van der Waals surface area contributed by atoms with Crippen LogP contribution in [0.4, 0.5) is 9.59 Å². The predicted molar refractivity (Wildman–Crippen MR) is 127 cm³/mol. The molecule has 0 spiro atoms. The quantitative estimate of drug-likeness (QED) is 0.575. The van der Waals surface area contributed by atoms with E-state index in [1.165, 1.54) is 5.56 Å². The van der Waals surface area contributed by atoms with Crippen molar-refractivity contribution in [2.45, 2.75) is 70.4 Å². The maximum absolute atomic E-state index is 12.1. The summed E-state index contributed by atoms with van der Waals surface area (Å²) in [5.74, 6) is 0.706. The molecule has 4 N–H and O–H groups in total. The summed E-state index contributed by atoms with van der Waals surface area (Å²) in [6, 6.07) is 13.8. The Morgan fingerprint density at radius 3 is 2.39 bits per heavy atom. The number of aliphatic hydroxyl groups is 1. The Bertz CT molecular complexity index is 975. The average molecular weight is 455 g/mol. The summed E-state index contributed by atoms with van der Waals surface area (Å²) in [6.45, 7) is 5.57. The molecule has 33 heavy (non-hydrogen) atoms. The van der Waals surface area contributed by atoms with Gasteiger partial charge in [0.05, 0.1) is 0 Å². The molecule has 3 rings (SSSR count). The number of amides is 2. The summed E-state index contributed by atoms with van der Waals surface area (Å²) in [7, 11) is 0. The minimum Gasteiger partial charge on any atom is -0.444 e. The van der Waals surface area contributed by atoms with Gasteiger partial charge in [-0.3, -0.25) is 0 Å². The fourth-order valence-corrected chi connectivity index (χ4v) is 4.39. The molecular formula is C26H34N2O5. The first kappa shape index (κ1) is 24.6. The highest BCUT2D eigenvalue weighted by Crippen LogP contribution is 2.41. The number of hydrogen-bond donors (Lipinski definition) is 3. The van der Waals surface area contributed by atoms with Gasteiger partial charge in [0.2, 0.25) is 0 Å². The lowest BCUT2D eigenvalue weighted by Gasteiger charge is -2.31. The molecule has 7 heteroatoms. The first-order valence-electron chi connectivity index (χ1n) is 11.5. The zero-order chi connectivity index (χ0) is 24.0. The second kappa shape index (κ2) is 10.7. The third kappa shape index (κ3) is 6.96. The second-order valence-electron chi connectivity index (χ2n) is 9.51. The van der Waals surface area contributed by atoms with Crippen LogP contribution in [0, 0.1) is 0 Å². The summed E-state index contributed by atoms with van der Waals surface area (Å²) < 4.78 is 10.7. The van der Waals surface area contributed by atoms with Gasteiger partial charge in [-0.05, 0) is 81.5 Å². The third-order valence-electron chi connectivity index (χ3n) is 5.80. The lowest BCUT2D eigenvalue weighted by atomic mass is 9.79. The fourth-order valence-electron chi connectivity index (χ4n) is 4.39. The van der Waals surface area contributed by atoms with Gasteiger partial charge in [0.15, 0.2) is 0 Å². The first-order chi connectivity index (χ1) is 15.7. The Hall–Kier alpha value is -3.06. The highest BCUT2D eigenvalue weighted by atomic mass is 16.6. The topological polar surface area (TPSA) is 111 Å². The molecule has 1 aliphatic carbocycles. The van der Waals surface area contributed by atoms with E-state index in [4.69, 9.17) is 15.2 Å². The van der Waals surface area contributed by atoms with E-state index >= 15 is 0 Å². The van der Waals surface area contributed by atoms with Crippen LogP contribution in [0.15, 0.2) is 42.5 Å². The van der Waals surface area contributed by atoms with Crippen LogP contribution in [0.1, 0.15) is 63.5 Å². The monoisotopic (exact) mass is 454 g/mol. The number of carbonyl (C=O) groups excluding carboxylic acids is 2. The number of nitrogens with two attached hydrogens (primary N) is 1. The molecule has 178 valence electrons. The Balaban J connectivity index is 1.78. The Morgan fingerprint density at radius 1 is 1.06 bits per heavy atom. The Labute approximate surface area is 195 Å². The maximum Gasteiger partial charge on any atom is 0.409 e. The molecule has 0 saturated heterocycles. The van der Waals surface area contributed by atoms with Crippen molar-refractivity contribution in [3.63, 3.8) is 0 Å². The molecule has 0 radical (unpaired) electrons. The largest absolute Gasteiger partial charge is 0.444 e. The van der Waals surface area contributed by atoms with E-state index in [0.29, 0.717) is 18.1 Å². The van der Waals surface area contributed by atoms with Gasteiger partial charge in [-0.1, -0.05) is 36.4 Å². The maximum atomic E-state index is 12.1. The molecule has 0 aliphatic heterocycles. The van der Waals surface area contributed by atoms with Gasteiger partial charge in [-0.15, -0.1) is 0 Å². The van der Waals surface area contributed by atoms with E-state index in [1.54, 1.807) is 6.07 Å². The molecular weight excluding hydrogens is 420 g/mol. The van der Waals surface area contributed by atoms with Crippen molar-refractivity contribution < 1.29 is 24.2 Å². The van der Waals surface area contributed by atoms with E-state index < -0.39 is 11.7 Å². The Morgan fingerprint density at radius 2 is 1.76 bits per heavy atom. The standard InChI is InChI=1S/C26H34N2O5/c1-26(2,3)33-25(31)28-19-11-9-18(10-12-19)20-6-4-5-7-21(20)22-13-8-17(14-15-29)16-23(22)32-24(27)30/h4-8,13,16,18-19,29H,9-12,14-15H2,1-3H3,(H2,27,30)(H,28,31)/t18-,19-. The molecule has 2 amide bonds. The summed E-state index contributed by atoms with van der Waals surface area (Å²) in [5, 5.41) is 12.2. The molecule has 0 heterocycles. The van der Waals surface area contributed by atoms with Gasteiger partial charge in [0, 0.05) is 18.2 Å². The highest BCUT2D eigenvalue weighted by molar-refractivity contribution is 5.78. The number of alkyl carbamates (subject to hydrolysis) is 1. The lowest BCUT2D eigenvalue weighted by molar-refractivity contribution is 0.0491. The number of rotatable bonds is 6. The average Bonchev–Trinajstić information content (AvgIpc) is 2.73. The molecule has 0 bridgehead atoms. The molecule has 2 aromatic carbocycles. The van der Waals surface area contributed by atoms with Crippen molar-refractivity contribution in [1.82, 2.24) is 5.32 Å². The van der Waals surface area contributed by atoms with Crippen molar-refractivity contribution in [2.24, 2.45) is 5.73 Å². The second-order valence-corrected chi connectivity index (χ2v) is 9.51. The molecule has 0 atom stereocenters. The SMILES string of the molecule is CC(C)(C)OC(=O)N[C@H]1CC[C@H](c2ccccc2-c2ccc(CCO)cc2OC(N)=O)CC1. The van der Waals surface area contributed by atoms with E-state index in [2.05, 4.69) is 11.4 Å². The van der Waals surface area contributed by atoms with E-state index in [-0.39, 0.29) is 18.7 Å². The van der Waals surface area contributed by atoms with Gasteiger partial charge >= 0.3 is 12.2 Å². The molecule has 0 aromatic heterocycles. The van der Waals surface area contributed by atoms with Gasteiger partial charge in [0.1, 0.15) is 11.4 Å². The van der Waals surface area contributed by atoms with Gasteiger partial charge in [0.25, 0.3) is 0 Å². The van der Waals surface area contributed by atoms with Gasteiger partial charge in [-0.2, -0.15) is 0 Å². The van der Waals surface area contributed by atoms with Crippen LogP contribution >= 0.6 is 0 Å². The van der Waals surface area contributed by atoms with Crippen molar-refractivity contribution in [3.05, 3.63) is 53.6 Å².